The van der Waals surface area contributed by atoms with Gasteiger partial charge in [0.1, 0.15) is 5.82 Å². The maximum atomic E-state index is 13.3. The van der Waals surface area contributed by atoms with Crippen LogP contribution in [0.1, 0.15) is 30.9 Å². The number of nitrogens with one attached hydrogen (secondary N) is 1. The highest BCUT2D eigenvalue weighted by Gasteiger charge is 2.26. The van der Waals surface area contributed by atoms with Gasteiger partial charge in [-0.3, -0.25) is 11.3 Å². The fourth-order valence-electron chi connectivity index (χ4n) is 2.18. The molecule has 94 valence electrons. The lowest BCUT2D eigenvalue weighted by molar-refractivity contribution is 0.489. The second-order valence-electron chi connectivity index (χ2n) is 4.22. The number of rotatable bonds is 3. The summed E-state index contributed by atoms with van der Waals surface area (Å²) in [6.45, 7) is 0. The minimum absolute atomic E-state index is 0.0801. The van der Waals surface area contributed by atoms with Crippen molar-refractivity contribution in [2.45, 2.75) is 30.6 Å². The van der Waals surface area contributed by atoms with Crippen LogP contribution in [0.25, 0.3) is 0 Å². The van der Waals surface area contributed by atoms with Gasteiger partial charge in [0.05, 0.1) is 6.04 Å². The zero-order valence-corrected chi connectivity index (χ0v) is 11.0. The largest absolute Gasteiger partial charge is 0.271 e. The Balaban J connectivity index is 2.24. The predicted molar refractivity (Wildman–Crippen MR) is 71.6 cm³/mol. The third kappa shape index (κ3) is 3.13. The molecule has 2 atom stereocenters. The van der Waals surface area contributed by atoms with Gasteiger partial charge in [-0.15, -0.1) is 0 Å². The molecule has 2 rings (SSSR count). The van der Waals surface area contributed by atoms with Crippen LogP contribution >= 0.6 is 23.4 Å². The lowest BCUT2D eigenvalue weighted by Gasteiger charge is -2.30. The number of hydrogen-bond donors (Lipinski definition) is 2. The number of halogens is 2. The van der Waals surface area contributed by atoms with Crippen molar-refractivity contribution in [1.29, 1.82) is 0 Å². The van der Waals surface area contributed by atoms with Crippen molar-refractivity contribution in [3.05, 3.63) is 34.6 Å². The van der Waals surface area contributed by atoms with Crippen molar-refractivity contribution >= 4 is 23.4 Å². The summed E-state index contributed by atoms with van der Waals surface area (Å²) in [5.41, 5.74) is 3.54. The van der Waals surface area contributed by atoms with E-state index in [1.54, 1.807) is 6.07 Å². The van der Waals surface area contributed by atoms with Crippen molar-refractivity contribution in [2.75, 3.05) is 5.75 Å². The molecule has 0 spiro atoms. The number of hydrazine groups is 1. The lowest BCUT2D eigenvalue weighted by atomic mass is 10.00. The van der Waals surface area contributed by atoms with Gasteiger partial charge in [0.25, 0.3) is 0 Å². The molecule has 0 bridgehead atoms. The van der Waals surface area contributed by atoms with Gasteiger partial charge < -0.3 is 0 Å². The third-order valence-electron chi connectivity index (χ3n) is 3.06. The molecule has 1 aliphatic heterocycles. The van der Waals surface area contributed by atoms with Crippen molar-refractivity contribution in [3.63, 3.8) is 0 Å². The van der Waals surface area contributed by atoms with Crippen LogP contribution in [0.2, 0.25) is 5.02 Å². The molecule has 0 saturated carbocycles. The topological polar surface area (TPSA) is 38.0 Å². The Kier molecular flexibility index (Phi) is 4.68. The number of hydrogen-bond acceptors (Lipinski definition) is 3. The summed E-state index contributed by atoms with van der Waals surface area (Å²) < 4.78 is 13.3. The van der Waals surface area contributed by atoms with Crippen molar-refractivity contribution in [1.82, 2.24) is 5.43 Å². The summed E-state index contributed by atoms with van der Waals surface area (Å²) in [5.74, 6) is 6.47. The Morgan fingerprint density at radius 3 is 2.94 bits per heavy atom. The highest BCUT2D eigenvalue weighted by Crippen LogP contribution is 2.36. The molecule has 0 aromatic heterocycles. The van der Waals surface area contributed by atoms with Gasteiger partial charge in [0.2, 0.25) is 0 Å². The molecule has 2 nitrogen and oxygen atoms in total. The SMILES string of the molecule is NNC(c1cc(F)ccc1Cl)C1CCCCS1. The molecule has 17 heavy (non-hydrogen) atoms. The monoisotopic (exact) mass is 274 g/mol. The van der Waals surface area contributed by atoms with Gasteiger partial charge in [-0.1, -0.05) is 18.0 Å². The molecule has 0 radical (unpaired) electrons. The Hall–Kier alpha value is -0.290. The fourth-order valence-corrected chi connectivity index (χ4v) is 3.84. The molecule has 1 aromatic carbocycles. The average Bonchev–Trinajstić information content (AvgIpc) is 2.36. The summed E-state index contributed by atoms with van der Waals surface area (Å²) >= 11 is 8.00. The maximum absolute atomic E-state index is 13.3. The molecular formula is C12H16ClFN2S. The summed E-state index contributed by atoms with van der Waals surface area (Å²) in [4.78, 5) is 0. The van der Waals surface area contributed by atoms with E-state index in [-0.39, 0.29) is 11.9 Å². The highest BCUT2D eigenvalue weighted by molar-refractivity contribution is 8.00. The van der Waals surface area contributed by atoms with Gasteiger partial charge in [-0.25, -0.2) is 4.39 Å². The van der Waals surface area contributed by atoms with Crippen LogP contribution in [-0.2, 0) is 0 Å². The van der Waals surface area contributed by atoms with Crippen LogP contribution in [-0.4, -0.2) is 11.0 Å². The first-order valence-electron chi connectivity index (χ1n) is 5.75. The molecule has 1 heterocycles. The van der Waals surface area contributed by atoms with Gasteiger partial charge in [-0.05, 0) is 42.4 Å². The van der Waals surface area contributed by atoms with Crippen molar-refractivity contribution in [2.24, 2.45) is 5.84 Å². The van der Waals surface area contributed by atoms with Gasteiger partial charge >= 0.3 is 0 Å². The van der Waals surface area contributed by atoms with Crippen LogP contribution in [0.15, 0.2) is 18.2 Å². The van der Waals surface area contributed by atoms with Gasteiger partial charge in [0.15, 0.2) is 0 Å². The molecular weight excluding hydrogens is 259 g/mol. The Morgan fingerprint density at radius 1 is 1.47 bits per heavy atom. The minimum atomic E-state index is -0.273. The standard InChI is InChI=1S/C12H16ClFN2S/c13-10-5-4-8(14)7-9(10)12(16-15)11-3-1-2-6-17-11/h4-5,7,11-12,16H,1-3,6,15H2. The van der Waals surface area contributed by atoms with E-state index in [9.17, 15) is 4.39 Å². The van der Waals surface area contributed by atoms with Crippen LogP contribution in [0.4, 0.5) is 4.39 Å². The van der Waals surface area contributed by atoms with Crippen LogP contribution in [0.5, 0.6) is 0 Å². The molecule has 1 aromatic rings. The predicted octanol–water partition coefficient (Wildman–Crippen LogP) is 3.27. The second-order valence-corrected chi connectivity index (χ2v) is 5.97. The van der Waals surface area contributed by atoms with E-state index in [0.29, 0.717) is 10.3 Å². The van der Waals surface area contributed by atoms with Crippen molar-refractivity contribution < 1.29 is 4.39 Å². The van der Waals surface area contributed by atoms with E-state index in [4.69, 9.17) is 17.4 Å². The molecule has 0 amide bonds. The highest BCUT2D eigenvalue weighted by atomic mass is 35.5. The summed E-state index contributed by atoms with van der Waals surface area (Å²) in [6, 6.07) is 4.35. The van der Waals surface area contributed by atoms with E-state index in [2.05, 4.69) is 5.43 Å². The normalized spacial score (nSPS) is 22.4. The molecule has 5 heteroatoms. The number of thioether (sulfide) groups is 1. The molecule has 1 aliphatic rings. The summed E-state index contributed by atoms with van der Waals surface area (Å²) in [7, 11) is 0. The summed E-state index contributed by atoms with van der Waals surface area (Å²) in [5, 5.41) is 0.938. The van der Waals surface area contributed by atoms with E-state index in [1.807, 2.05) is 11.8 Å². The van der Waals surface area contributed by atoms with Gasteiger partial charge in [-0.2, -0.15) is 11.8 Å². The van der Waals surface area contributed by atoms with Crippen LogP contribution in [0.3, 0.4) is 0 Å². The summed E-state index contributed by atoms with van der Waals surface area (Å²) in [6.07, 6.45) is 3.53. The van der Waals surface area contributed by atoms with Crippen LogP contribution < -0.4 is 11.3 Å². The van der Waals surface area contributed by atoms with E-state index in [0.717, 1.165) is 17.7 Å². The Morgan fingerprint density at radius 2 is 2.29 bits per heavy atom. The maximum Gasteiger partial charge on any atom is 0.123 e. The van der Waals surface area contributed by atoms with E-state index < -0.39 is 0 Å². The zero-order chi connectivity index (χ0) is 12.3. The van der Waals surface area contributed by atoms with Crippen LogP contribution in [0, 0.1) is 5.82 Å². The molecule has 2 unspecified atom stereocenters. The first-order chi connectivity index (χ1) is 8.22. The molecule has 1 saturated heterocycles. The first kappa shape index (κ1) is 13.1. The molecule has 3 N–H and O–H groups in total. The van der Waals surface area contributed by atoms with Crippen molar-refractivity contribution in [3.8, 4) is 0 Å². The van der Waals surface area contributed by atoms with Gasteiger partial charge in [0, 0.05) is 10.3 Å². The van der Waals surface area contributed by atoms with E-state index >= 15 is 0 Å². The number of nitrogens with two attached hydrogens (primary N) is 1. The minimum Gasteiger partial charge on any atom is -0.271 e. The zero-order valence-electron chi connectivity index (χ0n) is 9.46. The smallest absolute Gasteiger partial charge is 0.123 e. The lowest BCUT2D eigenvalue weighted by Crippen LogP contribution is -2.36. The molecule has 1 fully saturated rings. The first-order valence-corrected chi connectivity index (χ1v) is 7.17. The Bertz CT molecular complexity index is 383. The second kappa shape index (κ2) is 6.05. The fraction of sp³-hybridized carbons (Fsp3) is 0.500. The number of benzene rings is 1. The average molecular weight is 275 g/mol. The molecule has 0 aliphatic carbocycles. The van der Waals surface area contributed by atoms with E-state index in [1.165, 1.54) is 25.0 Å². The third-order valence-corrected chi connectivity index (χ3v) is 4.86. The quantitative estimate of drug-likeness (QED) is 0.656. The Labute approximate surface area is 110 Å².